The summed E-state index contributed by atoms with van der Waals surface area (Å²) in [5, 5.41) is 9.92. The van der Waals surface area contributed by atoms with Gasteiger partial charge < -0.3 is 43.0 Å². The molecule has 52 heavy (non-hydrogen) atoms. The van der Waals surface area contributed by atoms with E-state index in [0.717, 1.165) is 48.3 Å². The highest BCUT2D eigenvalue weighted by Crippen LogP contribution is 2.35. The Balaban J connectivity index is 1.62. The summed E-state index contributed by atoms with van der Waals surface area (Å²) in [6.45, 7) is 12.1. The maximum absolute atomic E-state index is 9.92. The first kappa shape index (κ1) is 43.6. The van der Waals surface area contributed by atoms with Crippen molar-refractivity contribution in [2.24, 2.45) is 29.6 Å². The van der Waals surface area contributed by atoms with Gasteiger partial charge in [0.2, 0.25) is 0 Å². The third kappa shape index (κ3) is 13.9. The van der Waals surface area contributed by atoms with Gasteiger partial charge in [-0.1, -0.05) is 83.2 Å². The monoisotopic (exact) mass is 726 g/mol. The Hall–Kier alpha value is -2.76. The van der Waals surface area contributed by atoms with E-state index < -0.39 is 0 Å². The third-order valence-electron chi connectivity index (χ3n) is 10.3. The van der Waals surface area contributed by atoms with E-state index in [4.69, 9.17) is 37.9 Å². The summed E-state index contributed by atoms with van der Waals surface area (Å²) in [5.74, 6) is 2.33. The molecule has 2 aromatic carbocycles. The number of benzene rings is 2. The number of aliphatic hydroxyl groups excluding tert-OH is 1. The zero-order chi connectivity index (χ0) is 37.9. The Morgan fingerprint density at radius 2 is 1.31 bits per heavy atom. The number of ether oxygens (including phenoxy) is 8. The Morgan fingerprint density at radius 1 is 0.750 bits per heavy atom. The van der Waals surface area contributed by atoms with Gasteiger partial charge in [0.25, 0.3) is 0 Å². The molecule has 0 bridgehead atoms. The summed E-state index contributed by atoms with van der Waals surface area (Å²) in [4.78, 5) is 0. The smallest absolute Gasteiger partial charge is 0.162 e. The van der Waals surface area contributed by atoms with Crippen LogP contribution in [0.3, 0.4) is 0 Å². The second-order valence-electron chi connectivity index (χ2n) is 14.2. The first-order valence-corrected chi connectivity index (χ1v) is 18.9. The van der Waals surface area contributed by atoms with Gasteiger partial charge in [0.1, 0.15) is 18.3 Å². The van der Waals surface area contributed by atoms with Crippen molar-refractivity contribution in [2.45, 2.75) is 104 Å². The van der Waals surface area contributed by atoms with Crippen LogP contribution in [0.2, 0.25) is 0 Å². The number of hydrogen-bond donors (Lipinski definition) is 1. The molecule has 1 aliphatic heterocycles. The summed E-state index contributed by atoms with van der Waals surface area (Å²) >= 11 is 0. The standard InChI is InChI=1S/C43H66O9/c1-30(14-10-12-16-39(32(3)26-44)49-27-35-18-22-37(46-7)23-19-35)41(50-28-36-20-24-38(47-8)25-21-36)31(2)15-11-13-17-40-33(4)42(51-29-45-6)34(5)43(48-9)52-40/h10-11,14-15,18-25,30-34,39-44H,12-13,16-17,26-29H2,1-9H3/b14-10-,15-11-/t30-,31-,32+,33+,34+,39+,40-,41+,42-,43+/m0/s1. The molecule has 2 aromatic rings. The minimum atomic E-state index is -0.309. The molecule has 292 valence electrons. The summed E-state index contributed by atoms with van der Waals surface area (Å²) < 4.78 is 46.8. The fourth-order valence-electron chi connectivity index (χ4n) is 6.95. The number of aliphatic hydroxyl groups is 1. The van der Waals surface area contributed by atoms with E-state index in [-0.39, 0.29) is 73.7 Å². The van der Waals surface area contributed by atoms with E-state index in [1.54, 1.807) is 28.4 Å². The van der Waals surface area contributed by atoms with Crippen molar-refractivity contribution >= 4 is 0 Å². The van der Waals surface area contributed by atoms with E-state index in [9.17, 15) is 5.11 Å². The van der Waals surface area contributed by atoms with Crippen molar-refractivity contribution in [3.05, 3.63) is 84.0 Å². The largest absolute Gasteiger partial charge is 0.497 e. The second kappa shape index (κ2) is 23.8. The highest BCUT2D eigenvalue weighted by Gasteiger charge is 2.42. The van der Waals surface area contributed by atoms with Crippen molar-refractivity contribution in [3.8, 4) is 11.5 Å². The van der Waals surface area contributed by atoms with Gasteiger partial charge in [0.05, 0.1) is 51.8 Å². The van der Waals surface area contributed by atoms with Crippen LogP contribution in [0.25, 0.3) is 0 Å². The minimum Gasteiger partial charge on any atom is -0.497 e. The molecule has 0 aromatic heterocycles. The van der Waals surface area contributed by atoms with Crippen molar-refractivity contribution in [2.75, 3.05) is 41.8 Å². The van der Waals surface area contributed by atoms with Crippen LogP contribution in [0.4, 0.5) is 0 Å². The summed E-state index contributed by atoms with van der Waals surface area (Å²) in [5.41, 5.74) is 2.18. The van der Waals surface area contributed by atoms with E-state index in [2.05, 4.69) is 64.1 Å². The molecule has 10 atom stereocenters. The molecule has 9 heteroatoms. The van der Waals surface area contributed by atoms with Crippen LogP contribution in [-0.2, 0) is 41.6 Å². The molecular formula is C43H66O9. The second-order valence-corrected chi connectivity index (χ2v) is 14.2. The molecule has 1 N–H and O–H groups in total. The van der Waals surface area contributed by atoms with Crippen LogP contribution in [0.5, 0.6) is 11.5 Å². The van der Waals surface area contributed by atoms with Crippen LogP contribution in [0.15, 0.2) is 72.8 Å². The molecule has 0 spiro atoms. The highest BCUT2D eigenvalue weighted by atomic mass is 16.7. The SMILES string of the molecule is COCO[C@@H]1[C@@H](C)[C@H](OC)O[C@@H](CC/C=C\[C@H](C)[C@H](OCc2ccc(OC)cc2)[C@@H](C)/C=C\CC[C@@H](OCc2ccc(OC)cc2)[C@H](C)CO)[C@H]1C. The fourth-order valence-corrected chi connectivity index (χ4v) is 6.95. The van der Waals surface area contributed by atoms with Crippen LogP contribution in [-0.4, -0.2) is 77.7 Å². The van der Waals surface area contributed by atoms with Crippen molar-refractivity contribution < 1.29 is 43.0 Å². The van der Waals surface area contributed by atoms with Crippen LogP contribution >= 0.6 is 0 Å². The summed E-state index contributed by atoms with van der Waals surface area (Å²) in [7, 11) is 6.67. The molecule has 1 fully saturated rings. The molecule has 0 aliphatic carbocycles. The molecule has 1 heterocycles. The van der Waals surface area contributed by atoms with Crippen molar-refractivity contribution in [3.63, 3.8) is 0 Å². The maximum Gasteiger partial charge on any atom is 0.162 e. The van der Waals surface area contributed by atoms with Gasteiger partial charge in [-0.25, -0.2) is 0 Å². The van der Waals surface area contributed by atoms with Gasteiger partial charge in [0.15, 0.2) is 6.29 Å². The van der Waals surface area contributed by atoms with Gasteiger partial charge in [0, 0.05) is 50.4 Å². The predicted octanol–water partition coefficient (Wildman–Crippen LogP) is 8.38. The lowest BCUT2D eigenvalue weighted by molar-refractivity contribution is -0.271. The molecule has 1 saturated heterocycles. The van der Waals surface area contributed by atoms with Crippen LogP contribution in [0.1, 0.15) is 71.4 Å². The number of hydrogen-bond acceptors (Lipinski definition) is 9. The summed E-state index contributed by atoms with van der Waals surface area (Å²) in [6, 6.07) is 15.9. The quantitative estimate of drug-likeness (QED) is 0.0846. The minimum absolute atomic E-state index is 0.00268. The summed E-state index contributed by atoms with van der Waals surface area (Å²) in [6.07, 6.45) is 12.0. The zero-order valence-electron chi connectivity index (χ0n) is 33.1. The van der Waals surface area contributed by atoms with Crippen molar-refractivity contribution in [1.29, 1.82) is 0 Å². The first-order valence-electron chi connectivity index (χ1n) is 18.9. The number of rotatable bonds is 24. The molecular weight excluding hydrogens is 660 g/mol. The van der Waals surface area contributed by atoms with E-state index in [1.807, 2.05) is 43.3 Å². The molecule has 0 saturated carbocycles. The van der Waals surface area contributed by atoms with E-state index in [1.165, 1.54) is 0 Å². The van der Waals surface area contributed by atoms with Crippen LogP contribution < -0.4 is 9.47 Å². The zero-order valence-corrected chi connectivity index (χ0v) is 33.1. The lowest BCUT2D eigenvalue weighted by Gasteiger charge is -2.43. The Morgan fingerprint density at radius 3 is 1.83 bits per heavy atom. The Bertz CT molecular complexity index is 1280. The molecule has 0 radical (unpaired) electrons. The van der Waals surface area contributed by atoms with Gasteiger partial charge in [-0.05, 0) is 61.1 Å². The van der Waals surface area contributed by atoms with Crippen LogP contribution in [0, 0.1) is 29.6 Å². The molecule has 9 nitrogen and oxygen atoms in total. The first-order chi connectivity index (χ1) is 25.1. The fraction of sp³-hybridized carbons (Fsp3) is 0.628. The van der Waals surface area contributed by atoms with Crippen molar-refractivity contribution in [1.82, 2.24) is 0 Å². The molecule has 0 unspecified atom stereocenters. The van der Waals surface area contributed by atoms with Gasteiger partial charge >= 0.3 is 0 Å². The Kier molecular flexibility index (Phi) is 20.0. The normalized spacial score (nSPS) is 23.8. The van der Waals surface area contributed by atoms with E-state index in [0.29, 0.717) is 13.2 Å². The third-order valence-corrected chi connectivity index (χ3v) is 10.3. The maximum atomic E-state index is 9.92. The van der Waals surface area contributed by atoms with Gasteiger partial charge in [-0.3, -0.25) is 0 Å². The number of methoxy groups -OCH3 is 4. The van der Waals surface area contributed by atoms with Gasteiger partial charge in [-0.15, -0.1) is 0 Å². The lowest BCUT2D eigenvalue weighted by atomic mass is 9.84. The number of allylic oxidation sites excluding steroid dienone is 2. The van der Waals surface area contributed by atoms with Gasteiger partial charge in [-0.2, -0.15) is 0 Å². The predicted molar refractivity (Wildman–Crippen MR) is 205 cm³/mol. The molecule has 1 aliphatic rings. The topological polar surface area (TPSA) is 94.1 Å². The average molecular weight is 727 g/mol. The Labute approximate surface area is 313 Å². The lowest BCUT2D eigenvalue weighted by Crippen LogP contribution is -2.50. The highest BCUT2D eigenvalue weighted by molar-refractivity contribution is 5.27. The molecule has 3 rings (SSSR count). The molecule has 0 amide bonds. The average Bonchev–Trinajstić information content (AvgIpc) is 3.17. The van der Waals surface area contributed by atoms with E-state index >= 15 is 0 Å².